The number of aliphatic hydroxyl groups is 2. The van der Waals surface area contributed by atoms with Crippen LogP contribution in [-0.2, 0) is 23.7 Å². The summed E-state index contributed by atoms with van der Waals surface area (Å²) in [7, 11) is 1.55. The minimum absolute atomic E-state index is 0.218. The van der Waals surface area contributed by atoms with Crippen LogP contribution in [0.25, 0.3) is 0 Å². The van der Waals surface area contributed by atoms with Gasteiger partial charge in [0.2, 0.25) is 0 Å². The molecule has 2 bridgehead atoms. The molecule has 2 aliphatic carbocycles. The van der Waals surface area contributed by atoms with Gasteiger partial charge in [0, 0.05) is 13.0 Å². The number of fused-ring (bicyclic) bond motifs is 8. The Bertz CT molecular complexity index is 608. The van der Waals surface area contributed by atoms with Crippen molar-refractivity contribution < 1.29 is 34.0 Å². The molecule has 128 valence electrons. The maximum absolute atomic E-state index is 12.6. The van der Waals surface area contributed by atoms with Crippen molar-refractivity contribution in [3.63, 3.8) is 0 Å². The average molecular weight is 326 g/mol. The fraction of sp³-hybridized carbons (Fsp3) is 0.938. The molecule has 0 radical (unpaired) electrons. The number of ether oxygens (including phenoxy) is 4. The Morgan fingerprint density at radius 1 is 1.35 bits per heavy atom. The Kier molecular flexibility index (Phi) is 2.29. The number of methoxy groups -OCH3 is 1. The highest BCUT2D eigenvalue weighted by Crippen LogP contribution is 2.76. The Morgan fingerprint density at radius 3 is 2.52 bits per heavy atom. The van der Waals surface area contributed by atoms with E-state index in [0.29, 0.717) is 6.61 Å². The molecule has 3 heterocycles. The predicted molar refractivity (Wildman–Crippen MR) is 74.4 cm³/mol. The number of carbonyl (C=O) groups is 1. The van der Waals surface area contributed by atoms with E-state index in [1.807, 2.05) is 6.92 Å². The van der Waals surface area contributed by atoms with Gasteiger partial charge in [-0.3, -0.25) is 4.79 Å². The summed E-state index contributed by atoms with van der Waals surface area (Å²) in [5.41, 5.74) is -4.10. The summed E-state index contributed by atoms with van der Waals surface area (Å²) in [6.07, 6.45) is -1.87. The standard InChI is InChI=1S/C16H22O7/c1-13(2,18)6-7-12(17)22-8(6)9(20-4)14(3)15(5-21-15)10-11(23-10)16(7,14)19/h6-11,18-19H,5H2,1-4H3. The van der Waals surface area contributed by atoms with Gasteiger partial charge >= 0.3 is 5.97 Å². The first kappa shape index (κ1) is 14.6. The molecular formula is C16H22O7. The van der Waals surface area contributed by atoms with Crippen LogP contribution in [0.4, 0.5) is 0 Å². The van der Waals surface area contributed by atoms with Crippen LogP contribution in [0.2, 0.25) is 0 Å². The summed E-state index contributed by atoms with van der Waals surface area (Å²) in [6, 6.07) is 0. The van der Waals surface area contributed by atoms with Crippen LogP contribution in [0.1, 0.15) is 20.8 Å². The Labute approximate surface area is 133 Å². The van der Waals surface area contributed by atoms with Gasteiger partial charge in [0.1, 0.15) is 35.6 Å². The van der Waals surface area contributed by atoms with Crippen molar-refractivity contribution in [2.75, 3.05) is 13.7 Å². The molecule has 23 heavy (non-hydrogen) atoms. The second-order valence-corrected chi connectivity index (χ2v) is 8.40. The Morgan fingerprint density at radius 2 is 2.00 bits per heavy atom. The fourth-order valence-electron chi connectivity index (χ4n) is 6.07. The third-order valence-electron chi connectivity index (χ3n) is 7.18. The molecule has 3 saturated heterocycles. The number of hydrogen-bond acceptors (Lipinski definition) is 7. The van der Waals surface area contributed by atoms with Gasteiger partial charge in [-0.15, -0.1) is 0 Å². The predicted octanol–water partition coefficient (Wildman–Crippen LogP) is -0.769. The van der Waals surface area contributed by atoms with E-state index in [1.54, 1.807) is 21.0 Å². The molecule has 5 aliphatic rings. The SMILES string of the molecule is COC1C2OC(=O)C(C2C(C)(C)O)C2(O)C3OC3C3(CO3)C12C. The molecule has 5 rings (SSSR count). The van der Waals surface area contributed by atoms with Gasteiger partial charge in [-0.05, 0) is 13.8 Å². The molecule has 2 N–H and O–H groups in total. The van der Waals surface area contributed by atoms with Crippen LogP contribution in [0.5, 0.6) is 0 Å². The lowest BCUT2D eigenvalue weighted by Crippen LogP contribution is -2.72. The molecule has 0 aromatic rings. The highest BCUT2D eigenvalue weighted by atomic mass is 16.7. The van der Waals surface area contributed by atoms with E-state index in [-0.39, 0.29) is 6.10 Å². The topological polar surface area (TPSA) is 101 Å². The van der Waals surface area contributed by atoms with Crippen LogP contribution in [0.15, 0.2) is 0 Å². The van der Waals surface area contributed by atoms with Gasteiger partial charge < -0.3 is 29.2 Å². The second-order valence-electron chi connectivity index (χ2n) is 8.40. The number of rotatable bonds is 2. The molecule has 0 aromatic carbocycles. The molecule has 2 saturated carbocycles. The quantitative estimate of drug-likeness (QED) is 0.508. The number of hydrogen-bond donors (Lipinski definition) is 2. The van der Waals surface area contributed by atoms with Gasteiger partial charge in [0.05, 0.1) is 23.5 Å². The van der Waals surface area contributed by atoms with E-state index < -0.39 is 58.3 Å². The first-order chi connectivity index (χ1) is 10.6. The van der Waals surface area contributed by atoms with Crippen LogP contribution in [0, 0.1) is 17.3 Å². The lowest BCUT2D eigenvalue weighted by atomic mass is 9.51. The molecule has 7 nitrogen and oxygen atoms in total. The Balaban J connectivity index is 1.75. The summed E-state index contributed by atoms with van der Waals surface area (Å²) in [4.78, 5) is 12.6. The molecule has 0 amide bonds. The number of esters is 1. The van der Waals surface area contributed by atoms with Gasteiger partial charge in [0.15, 0.2) is 0 Å². The van der Waals surface area contributed by atoms with Gasteiger partial charge in [-0.2, -0.15) is 0 Å². The molecule has 9 unspecified atom stereocenters. The summed E-state index contributed by atoms with van der Waals surface area (Å²) in [5, 5.41) is 22.4. The third-order valence-corrected chi connectivity index (χ3v) is 7.18. The lowest BCUT2D eigenvalue weighted by molar-refractivity contribution is -0.260. The van der Waals surface area contributed by atoms with Crippen molar-refractivity contribution >= 4 is 5.97 Å². The molecular weight excluding hydrogens is 304 g/mol. The van der Waals surface area contributed by atoms with Crippen molar-refractivity contribution in [3.8, 4) is 0 Å². The minimum atomic E-state index is -1.47. The van der Waals surface area contributed by atoms with Gasteiger partial charge in [0.25, 0.3) is 0 Å². The van der Waals surface area contributed by atoms with Crippen molar-refractivity contribution in [3.05, 3.63) is 0 Å². The zero-order valence-corrected chi connectivity index (χ0v) is 13.6. The van der Waals surface area contributed by atoms with Crippen molar-refractivity contribution in [1.82, 2.24) is 0 Å². The van der Waals surface area contributed by atoms with E-state index in [0.717, 1.165) is 0 Å². The van der Waals surface area contributed by atoms with E-state index >= 15 is 0 Å². The van der Waals surface area contributed by atoms with Crippen molar-refractivity contribution in [1.29, 1.82) is 0 Å². The van der Waals surface area contributed by atoms with Crippen LogP contribution in [0.3, 0.4) is 0 Å². The van der Waals surface area contributed by atoms with E-state index in [2.05, 4.69) is 0 Å². The summed E-state index contributed by atoms with van der Waals surface area (Å²) in [6.45, 7) is 5.67. The van der Waals surface area contributed by atoms with Crippen LogP contribution < -0.4 is 0 Å². The zero-order valence-electron chi connectivity index (χ0n) is 13.6. The van der Waals surface area contributed by atoms with E-state index in [1.165, 1.54) is 0 Å². The van der Waals surface area contributed by atoms with Crippen molar-refractivity contribution in [2.45, 2.75) is 62.0 Å². The summed E-state index contributed by atoms with van der Waals surface area (Å²) < 4.78 is 22.8. The monoisotopic (exact) mass is 326 g/mol. The zero-order chi connectivity index (χ0) is 16.6. The van der Waals surface area contributed by atoms with Crippen LogP contribution >= 0.6 is 0 Å². The Hall–Kier alpha value is -0.730. The highest BCUT2D eigenvalue weighted by Gasteiger charge is 2.95. The summed E-state index contributed by atoms with van der Waals surface area (Å²) >= 11 is 0. The minimum Gasteiger partial charge on any atom is -0.459 e. The van der Waals surface area contributed by atoms with Gasteiger partial charge in [-0.1, -0.05) is 6.92 Å². The van der Waals surface area contributed by atoms with E-state index in [9.17, 15) is 15.0 Å². The molecule has 7 heteroatoms. The molecule has 3 aliphatic heterocycles. The van der Waals surface area contributed by atoms with Crippen molar-refractivity contribution in [2.24, 2.45) is 17.3 Å². The lowest BCUT2D eigenvalue weighted by Gasteiger charge is -2.56. The molecule has 1 spiro atoms. The molecule has 0 aromatic heterocycles. The molecule has 5 fully saturated rings. The number of epoxide rings is 2. The normalized spacial score (nSPS) is 62.1. The highest BCUT2D eigenvalue weighted by molar-refractivity contribution is 5.79. The third kappa shape index (κ3) is 1.23. The first-order valence-corrected chi connectivity index (χ1v) is 8.12. The maximum Gasteiger partial charge on any atom is 0.312 e. The first-order valence-electron chi connectivity index (χ1n) is 8.12. The van der Waals surface area contributed by atoms with E-state index in [4.69, 9.17) is 18.9 Å². The maximum atomic E-state index is 12.6. The largest absolute Gasteiger partial charge is 0.459 e. The average Bonchev–Trinajstić information content (AvgIpc) is 3.30. The number of carbonyl (C=O) groups excluding carboxylic acids is 1. The smallest absolute Gasteiger partial charge is 0.312 e. The molecule has 9 atom stereocenters. The summed E-state index contributed by atoms with van der Waals surface area (Å²) in [5.74, 6) is -1.89. The van der Waals surface area contributed by atoms with Crippen LogP contribution in [-0.4, -0.2) is 71.1 Å². The van der Waals surface area contributed by atoms with Gasteiger partial charge in [-0.25, -0.2) is 0 Å². The fourth-order valence-corrected chi connectivity index (χ4v) is 6.07. The second kappa shape index (κ2) is 3.60.